The summed E-state index contributed by atoms with van der Waals surface area (Å²) < 4.78 is 15.3. The molecule has 2 aromatic carbocycles. The first-order valence-electron chi connectivity index (χ1n) is 11.7. The summed E-state index contributed by atoms with van der Waals surface area (Å²) >= 11 is 0. The van der Waals surface area contributed by atoms with Gasteiger partial charge in [0.1, 0.15) is 18.2 Å². The van der Waals surface area contributed by atoms with E-state index in [1.807, 2.05) is 30.6 Å². The molecule has 4 rings (SSSR count). The first-order valence-corrected chi connectivity index (χ1v) is 11.7. The number of rotatable bonds is 8. The molecule has 1 fully saturated rings. The van der Waals surface area contributed by atoms with Gasteiger partial charge in [0.2, 0.25) is 0 Å². The fourth-order valence-corrected chi connectivity index (χ4v) is 4.16. The van der Waals surface area contributed by atoms with E-state index in [-0.39, 0.29) is 29.8 Å². The molecular formula is C26H34FIN6. The lowest BCUT2D eigenvalue weighted by Crippen LogP contribution is -2.48. The Labute approximate surface area is 218 Å². The number of nitrogens with zero attached hydrogens (tertiary/aromatic N) is 4. The number of imidazole rings is 1. The number of hydrogen-bond acceptors (Lipinski definition) is 3. The maximum atomic E-state index is 13.1. The summed E-state index contributed by atoms with van der Waals surface area (Å²) in [6.45, 7) is 7.10. The molecule has 6 nitrogen and oxygen atoms in total. The number of likely N-dealkylation sites (tertiary alicyclic amines) is 1. The third-order valence-corrected chi connectivity index (χ3v) is 5.97. The van der Waals surface area contributed by atoms with Crippen LogP contribution in [0, 0.1) is 5.82 Å². The van der Waals surface area contributed by atoms with Gasteiger partial charge in [0.25, 0.3) is 0 Å². The lowest BCUT2D eigenvalue weighted by Gasteiger charge is -2.33. The van der Waals surface area contributed by atoms with Crippen LogP contribution in [0.15, 0.2) is 72.0 Å². The van der Waals surface area contributed by atoms with Crippen LogP contribution in [-0.4, -0.2) is 46.1 Å². The van der Waals surface area contributed by atoms with Crippen LogP contribution in [0.1, 0.15) is 36.7 Å². The third kappa shape index (κ3) is 7.80. The summed E-state index contributed by atoms with van der Waals surface area (Å²) in [5, 5.41) is 6.98. The van der Waals surface area contributed by atoms with Crippen LogP contribution in [0.2, 0.25) is 0 Å². The van der Waals surface area contributed by atoms with Gasteiger partial charge in [0.05, 0.1) is 0 Å². The minimum atomic E-state index is -0.181. The monoisotopic (exact) mass is 576 g/mol. The molecule has 3 aromatic rings. The van der Waals surface area contributed by atoms with Crippen molar-refractivity contribution in [3.8, 4) is 0 Å². The molecule has 0 spiro atoms. The first kappa shape index (κ1) is 26.2. The van der Waals surface area contributed by atoms with Gasteiger partial charge in [-0.1, -0.05) is 42.5 Å². The number of aromatic nitrogens is 2. The highest BCUT2D eigenvalue weighted by Crippen LogP contribution is 2.14. The molecule has 0 radical (unpaired) electrons. The molecule has 0 unspecified atom stereocenters. The average Bonchev–Trinajstić information content (AvgIpc) is 3.28. The Hall–Kier alpha value is -2.46. The average molecular weight is 577 g/mol. The number of halogens is 2. The number of aliphatic imine (C=N–C) groups is 1. The van der Waals surface area contributed by atoms with E-state index >= 15 is 0 Å². The van der Waals surface area contributed by atoms with E-state index in [1.54, 1.807) is 0 Å². The van der Waals surface area contributed by atoms with Crippen LogP contribution in [0.3, 0.4) is 0 Å². The van der Waals surface area contributed by atoms with E-state index in [0.29, 0.717) is 12.6 Å². The van der Waals surface area contributed by atoms with E-state index in [4.69, 9.17) is 4.99 Å². The van der Waals surface area contributed by atoms with Crippen LogP contribution in [0.4, 0.5) is 4.39 Å². The molecule has 0 bridgehead atoms. The molecule has 0 atom stereocenters. The van der Waals surface area contributed by atoms with Gasteiger partial charge in [-0.15, -0.1) is 24.0 Å². The predicted octanol–water partition coefficient (Wildman–Crippen LogP) is 4.41. The van der Waals surface area contributed by atoms with Crippen molar-refractivity contribution in [2.75, 3.05) is 19.6 Å². The van der Waals surface area contributed by atoms with Crippen molar-refractivity contribution in [2.24, 2.45) is 4.99 Å². The Morgan fingerprint density at radius 3 is 2.44 bits per heavy atom. The summed E-state index contributed by atoms with van der Waals surface area (Å²) in [6.07, 6.45) is 5.95. The molecule has 0 aliphatic carbocycles. The molecular weight excluding hydrogens is 542 g/mol. The van der Waals surface area contributed by atoms with Crippen molar-refractivity contribution in [2.45, 2.75) is 45.4 Å². The van der Waals surface area contributed by atoms with Gasteiger partial charge in [-0.05, 0) is 43.0 Å². The van der Waals surface area contributed by atoms with E-state index in [0.717, 1.165) is 62.9 Å². The van der Waals surface area contributed by atoms with Gasteiger partial charge in [0, 0.05) is 51.2 Å². The lowest BCUT2D eigenvalue weighted by atomic mass is 10.0. The Kier molecular flexibility index (Phi) is 10.3. The maximum absolute atomic E-state index is 13.1. The molecule has 1 aliphatic rings. The van der Waals surface area contributed by atoms with E-state index in [1.165, 1.54) is 17.7 Å². The molecule has 1 aliphatic heterocycles. The highest BCUT2D eigenvalue weighted by Gasteiger charge is 2.20. The van der Waals surface area contributed by atoms with Crippen LogP contribution in [0.25, 0.3) is 0 Å². The standard InChI is InChI=1S/C26H33FN6.HI/c1-2-28-26(30-18-25-29-14-17-33(25)20-21-6-4-3-5-7-21)31-24-12-15-32(16-13-24)19-22-8-10-23(27)11-9-22;/h3-11,14,17,24H,2,12-13,15-16,18-20H2,1H3,(H2,28,30,31);1H. The van der Waals surface area contributed by atoms with Crippen molar-refractivity contribution in [3.05, 3.63) is 89.8 Å². The Bertz CT molecular complexity index is 1010. The summed E-state index contributed by atoms with van der Waals surface area (Å²) in [5.41, 5.74) is 2.40. The summed E-state index contributed by atoms with van der Waals surface area (Å²) in [6, 6.07) is 17.6. The maximum Gasteiger partial charge on any atom is 0.191 e. The molecule has 2 N–H and O–H groups in total. The van der Waals surface area contributed by atoms with E-state index in [9.17, 15) is 4.39 Å². The molecule has 1 saturated heterocycles. The van der Waals surface area contributed by atoms with Crippen molar-refractivity contribution in [1.82, 2.24) is 25.1 Å². The zero-order valence-electron chi connectivity index (χ0n) is 19.7. The van der Waals surface area contributed by atoms with Gasteiger partial charge in [-0.3, -0.25) is 4.90 Å². The minimum Gasteiger partial charge on any atom is -0.357 e. The van der Waals surface area contributed by atoms with Gasteiger partial charge in [-0.25, -0.2) is 14.4 Å². The largest absolute Gasteiger partial charge is 0.357 e. The second-order valence-corrected chi connectivity index (χ2v) is 8.47. The number of piperidine rings is 1. The van der Waals surface area contributed by atoms with Crippen LogP contribution >= 0.6 is 24.0 Å². The molecule has 182 valence electrons. The normalized spacial score (nSPS) is 15.1. The van der Waals surface area contributed by atoms with E-state index < -0.39 is 0 Å². The lowest BCUT2D eigenvalue weighted by molar-refractivity contribution is 0.198. The zero-order valence-corrected chi connectivity index (χ0v) is 22.0. The smallest absolute Gasteiger partial charge is 0.191 e. The zero-order chi connectivity index (χ0) is 22.9. The fraction of sp³-hybridized carbons (Fsp3) is 0.385. The minimum absolute atomic E-state index is 0. The van der Waals surface area contributed by atoms with Gasteiger partial charge >= 0.3 is 0 Å². The summed E-state index contributed by atoms with van der Waals surface area (Å²) in [4.78, 5) is 11.8. The predicted molar refractivity (Wildman–Crippen MR) is 146 cm³/mol. The number of guanidine groups is 1. The van der Waals surface area contributed by atoms with Crippen molar-refractivity contribution < 1.29 is 4.39 Å². The highest BCUT2D eigenvalue weighted by atomic mass is 127. The Morgan fingerprint density at radius 1 is 1.03 bits per heavy atom. The van der Waals surface area contributed by atoms with Crippen molar-refractivity contribution >= 4 is 29.9 Å². The molecule has 2 heterocycles. The molecule has 34 heavy (non-hydrogen) atoms. The van der Waals surface area contributed by atoms with Crippen LogP contribution in [-0.2, 0) is 19.6 Å². The SMILES string of the molecule is CCNC(=NCc1nccn1Cc1ccccc1)NC1CCN(Cc2ccc(F)cc2)CC1.I. The second-order valence-electron chi connectivity index (χ2n) is 8.47. The van der Waals surface area contributed by atoms with Crippen LogP contribution in [0.5, 0.6) is 0 Å². The molecule has 0 saturated carbocycles. The van der Waals surface area contributed by atoms with Crippen molar-refractivity contribution in [1.29, 1.82) is 0 Å². The summed E-state index contributed by atoms with van der Waals surface area (Å²) in [7, 11) is 0. The Morgan fingerprint density at radius 2 is 1.74 bits per heavy atom. The molecule has 1 aromatic heterocycles. The first-order chi connectivity index (χ1) is 16.2. The fourth-order valence-electron chi connectivity index (χ4n) is 4.16. The molecule has 0 amide bonds. The second kappa shape index (κ2) is 13.4. The third-order valence-electron chi connectivity index (χ3n) is 5.97. The number of benzene rings is 2. The molecule has 8 heteroatoms. The topological polar surface area (TPSA) is 57.5 Å². The van der Waals surface area contributed by atoms with Crippen LogP contribution < -0.4 is 10.6 Å². The quantitative estimate of drug-likeness (QED) is 0.237. The highest BCUT2D eigenvalue weighted by molar-refractivity contribution is 14.0. The van der Waals surface area contributed by atoms with Crippen molar-refractivity contribution in [3.63, 3.8) is 0 Å². The van der Waals surface area contributed by atoms with E-state index in [2.05, 4.69) is 56.3 Å². The van der Waals surface area contributed by atoms with Gasteiger partial charge in [-0.2, -0.15) is 0 Å². The summed E-state index contributed by atoms with van der Waals surface area (Å²) in [5.74, 6) is 1.60. The number of nitrogens with one attached hydrogen (secondary N) is 2. The van der Waals surface area contributed by atoms with Gasteiger partial charge in [0.15, 0.2) is 5.96 Å². The Balaban J connectivity index is 0.00000324. The van der Waals surface area contributed by atoms with Gasteiger partial charge < -0.3 is 15.2 Å². The number of hydrogen-bond donors (Lipinski definition) is 2.